The molecule has 1 rings (SSSR count). The van der Waals surface area contributed by atoms with Crippen molar-refractivity contribution >= 4 is 54.5 Å². The van der Waals surface area contributed by atoms with Gasteiger partial charge in [0.2, 0.25) is 8.32 Å². The molecule has 0 spiro atoms. The van der Waals surface area contributed by atoms with E-state index in [1.807, 2.05) is 0 Å². The van der Waals surface area contributed by atoms with Crippen LogP contribution in [0, 0.1) is 0 Å². The second-order valence-electron chi connectivity index (χ2n) is 3.51. The second kappa shape index (κ2) is 3.99. The predicted molar refractivity (Wildman–Crippen MR) is 63.3 cm³/mol. The first-order valence-corrected chi connectivity index (χ1v) is 8.99. The van der Waals surface area contributed by atoms with Gasteiger partial charge in [-0.2, -0.15) is 0 Å². The van der Waals surface area contributed by atoms with Crippen LogP contribution in [0.2, 0.25) is 34.0 Å². The van der Waals surface area contributed by atoms with E-state index in [2.05, 4.69) is 19.6 Å². The fourth-order valence-corrected chi connectivity index (χ4v) is 3.79. The minimum Gasteiger partial charge on any atom is -0.536 e. The molecule has 13 heavy (non-hydrogen) atoms. The fourth-order valence-electron chi connectivity index (χ4n) is 0.691. The largest absolute Gasteiger partial charge is 0.536 e. The van der Waals surface area contributed by atoms with E-state index in [1.165, 1.54) is 11.3 Å². The molecule has 0 saturated carbocycles. The van der Waals surface area contributed by atoms with Crippen LogP contribution in [0.5, 0.6) is 5.06 Å². The van der Waals surface area contributed by atoms with Crippen LogP contribution in [0.25, 0.3) is 0 Å². The van der Waals surface area contributed by atoms with E-state index in [-0.39, 0.29) is 0 Å². The van der Waals surface area contributed by atoms with E-state index in [0.29, 0.717) is 19.4 Å². The van der Waals surface area contributed by atoms with Gasteiger partial charge in [-0.15, -0.1) is 0 Å². The number of rotatable bonds is 2. The first-order chi connectivity index (χ1) is 5.81. The van der Waals surface area contributed by atoms with Crippen LogP contribution in [0.4, 0.5) is 0 Å². The van der Waals surface area contributed by atoms with Crippen molar-refractivity contribution in [2.75, 3.05) is 0 Å². The molecule has 0 aromatic carbocycles. The quantitative estimate of drug-likeness (QED) is 0.696. The predicted octanol–water partition coefficient (Wildman–Crippen LogP) is 4.92. The Bertz CT molecular complexity index is 318. The number of hydrogen-bond acceptors (Lipinski definition) is 2. The van der Waals surface area contributed by atoms with Gasteiger partial charge in [0.1, 0.15) is 9.36 Å². The first-order valence-electron chi connectivity index (χ1n) is 3.63. The molecule has 0 N–H and O–H groups in total. The van der Waals surface area contributed by atoms with E-state index in [4.69, 9.17) is 39.2 Å². The Morgan fingerprint density at radius 2 is 1.62 bits per heavy atom. The molecule has 0 amide bonds. The van der Waals surface area contributed by atoms with Crippen molar-refractivity contribution in [1.82, 2.24) is 0 Å². The fraction of sp³-hybridized carbons (Fsp3) is 0.429. The van der Waals surface area contributed by atoms with Crippen molar-refractivity contribution in [3.8, 4) is 5.06 Å². The van der Waals surface area contributed by atoms with Crippen molar-refractivity contribution in [2.24, 2.45) is 0 Å². The molecule has 0 atom stereocenters. The molecule has 0 aliphatic rings. The molecule has 0 aliphatic heterocycles. The lowest BCUT2D eigenvalue weighted by Gasteiger charge is -2.17. The third kappa shape index (κ3) is 3.03. The van der Waals surface area contributed by atoms with Gasteiger partial charge in [-0.25, -0.2) is 0 Å². The van der Waals surface area contributed by atoms with Gasteiger partial charge >= 0.3 is 0 Å². The molecule has 6 heteroatoms. The van der Waals surface area contributed by atoms with E-state index < -0.39 is 8.32 Å². The SMILES string of the molecule is C[Si](C)(C)Oc1sc(Cl)c(Cl)c1Cl. The maximum atomic E-state index is 5.91. The lowest BCUT2D eigenvalue weighted by molar-refractivity contribution is 0.574. The Hall–Kier alpha value is 0.587. The van der Waals surface area contributed by atoms with E-state index >= 15 is 0 Å². The summed E-state index contributed by atoms with van der Waals surface area (Å²) >= 11 is 18.8. The third-order valence-electron chi connectivity index (χ3n) is 1.13. The lowest BCUT2D eigenvalue weighted by atomic mass is 10.6. The summed E-state index contributed by atoms with van der Waals surface area (Å²) in [4.78, 5) is 0. The molecule has 1 aromatic rings. The standard InChI is InChI=1S/C7H9Cl3OSSi/c1-13(2,3)11-7-5(9)4(8)6(10)12-7/h1-3H3. The highest BCUT2D eigenvalue weighted by Crippen LogP contribution is 2.46. The van der Waals surface area contributed by atoms with Gasteiger partial charge in [0, 0.05) is 0 Å². The monoisotopic (exact) mass is 274 g/mol. The van der Waals surface area contributed by atoms with Crippen molar-refractivity contribution in [3.05, 3.63) is 14.4 Å². The van der Waals surface area contributed by atoms with Gasteiger partial charge in [0.25, 0.3) is 0 Å². The Morgan fingerprint density at radius 1 is 1.08 bits per heavy atom. The second-order valence-corrected chi connectivity index (χ2v) is 10.3. The molecule has 74 valence electrons. The molecule has 1 aromatic heterocycles. The van der Waals surface area contributed by atoms with Crippen molar-refractivity contribution in [1.29, 1.82) is 0 Å². The molecule has 0 aliphatic carbocycles. The minimum atomic E-state index is -1.63. The summed E-state index contributed by atoms with van der Waals surface area (Å²) in [5.41, 5.74) is 0. The summed E-state index contributed by atoms with van der Waals surface area (Å²) in [6.45, 7) is 6.22. The summed E-state index contributed by atoms with van der Waals surface area (Å²) < 4.78 is 6.18. The molecular formula is C7H9Cl3OSSi. The maximum absolute atomic E-state index is 5.91. The molecule has 0 fully saturated rings. The molecule has 0 bridgehead atoms. The van der Waals surface area contributed by atoms with Crippen LogP contribution in [-0.4, -0.2) is 8.32 Å². The number of thiophene rings is 1. The van der Waals surface area contributed by atoms with Crippen LogP contribution < -0.4 is 4.43 Å². The topological polar surface area (TPSA) is 9.23 Å². The average Bonchev–Trinajstić information content (AvgIpc) is 2.15. The molecule has 0 saturated heterocycles. The summed E-state index contributed by atoms with van der Waals surface area (Å²) in [7, 11) is -1.63. The highest BCUT2D eigenvalue weighted by atomic mass is 35.5. The zero-order chi connectivity index (χ0) is 10.2. The summed E-state index contributed by atoms with van der Waals surface area (Å²) in [5, 5.41) is 1.46. The van der Waals surface area contributed by atoms with Crippen LogP contribution in [0.15, 0.2) is 0 Å². The minimum absolute atomic E-state index is 0.390. The number of hydrogen-bond donors (Lipinski definition) is 0. The van der Waals surface area contributed by atoms with Gasteiger partial charge in [-0.3, -0.25) is 0 Å². The third-order valence-corrected chi connectivity index (χ3v) is 4.52. The average molecular weight is 276 g/mol. The Balaban J connectivity index is 2.97. The van der Waals surface area contributed by atoms with Crippen LogP contribution >= 0.6 is 46.1 Å². The van der Waals surface area contributed by atoms with Crippen molar-refractivity contribution in [3.63, 3.8) is 0 Å². The van der Waals surface area contributed by atoms with E-state index in [0.717, 1.165) is 0 Å². The molecule has 1 nitrogen and oxygen atoms in total. The lowest BCUT2D eigenvalue weighted by Crippen LogP contribution is -2.28. The smallest absolute Gasteiger partial charge is 0.243 e. The molecular weight excluding hydrogens is 267 g/mol. The Kier molecular flexibility index (Phi) is 3.58. The summed E-state index contributed by atoms with van der Waals surface area (Å²) in [6, 6.07) is 0. The normalized spacial score (nSPS) is 11.8. The van der Waals surface area contributed by atoms with Crippen molar-refractivity contribution < 1.29 is 4.43 Å². The van der Waals surface area contributed by atoms with Crippen molar-refractivity contribution in [2.45, 2.75) is 19.6 Å². The molecule has 1 heterocycles. The van der Waals surface area contributed by atoms with E-state index in [9.17, 15) is 0 Å². The summed E-state index contributed by atoms with van der Waals surface area (Å²) in [5.74, 6) is 0. The first kappa shape index (κ1) is 11.7. The van der Waals surface area contributed by atoms with E-state index in [1.54, 1.807) is 0 Å². The highest BCUT2D eigenvalue weighted by molar-refractivity contribution is 7.19. The highest BCUT2D eigenvalue weighted by Gasteiger charge is 2.22. The van der Waals surface area contributed by atoms with Gasteiger partial charge in [-0.05, 0) is 19.6 Å². The van der Waals surface area contributed by atoms with Crippen LogP contribution in [0.1, 0.15) is 0 Å². The van der Waals surface area contributed by atoms with Crippen LogP contribution in [-0.2, 0) is 0 Å². The zero-order valence-corrected chi connectivity index (χ0v) is 11.5. The number of halogens is 3. The summed E-state index contributed by atoms with van der Waals surface area (Å²) in [6.07, 6.45) is 0. The van der Waals surface area contributed by atoms with Gasteiger partial charge in [-0.1, -0.05) is 46.1 Å². The zero-order valence-electron chi connectivity index (χ0n) is 7.45. The van der Waals surface area contributed by atoms with Gasteiger partial charge in [0.15, 0.2) is 5.06 Å². The molecule has 0 unspecified atom stereocenters. The molecule has 0 radical (unpaired) electrons. The maximum Gasteiger partial charge on any atom is 0.243 e. The van der Waals surface area contributed by atoms with Crippen LogP contribution in [0.3, 0.4) is 0 Å². The Labute approximate surface area is 97.7 Å². The van der Waals surface area contributed by atoms with Gasteiger partial charge < -0.3 is 4.43 Å². The Morgan fingerprint density at radius 3 is 1.92 bits per heavy atom. The van der Waals surface area contributed by atoms with Gasteiger partial charge in [0.05, 0.1) is 5.02 Å².